The Labute approximate surface area is 97.8 Å². The van der Waals surface area contributed by atoms with Crippen LogP contribution in [0.25, 0.3) is 0 Å². The minimum absolute atomic E-state index is 0.235. The molecule has 0 aromatic carbocycles. The van der Waals surface area contributed by atoms with Crippen LogP contribution in [0.3, 0.4) is 0 Å². The van der Waals surface area contributed by atoms with E-state index in [0.717, 1.165) is 0 Å². The molecular weight excluding hydrogens is 230 g/mol. The Balaban J connectivity index is 2.07. The Kier molecular flexibility index (Phi) is 3.82. The van der Waals surface area contributed by atoms with Gasteiger partial charge in [0.1, 0.15) is 0 Å². The quantitative estimate of drug-likeness (QED) is 0.867. The first kappa shape index (κ1) is 10.9. The second-order valence-electron chi connectivity index (χ2n) is 3.44. The van der Waals surface area contributed by atoms with Crippen molar-refractivity contribution in [2.24, 2.45) is 5.73 Å². The van der Waals surface area contributed by atoms with Crippen molar-refractivity contribution in [3.63, 3.8) is 0 Å². The summed E-state index contributed by atoms with van der Waals surface area (Å²) in [6.07, 6.45) is 0. The molecule has 0 radical (unpaired) electrons. The molecule has 1 aromatic rings. The molecule has 0 amide bonds. The van der Waals surface area contributed by atoms with Crippen LogP contribution >= 0.6 is 34.9 Å². The molecule has 2 atom stereocenters. The van der Waals surface area contributed by atoms with Crippen LogP contribution in [0.5, 0.6) is 0 Å². The van der Waals surface area contributed by atoms with Crippen LogP contribution in [0.15, 0.2) is 11.4 Å². The van der Waals surface area contributed by atoms with E-state index in [1.54, 1.807) is 11.3 Å². The molecule has 2 unspecified atom stereocenters. The lowest BCUT2D eigenvalue weighted by Crippen LogP contribution is -2.28. The fraction of sp³-hybridized carbons (Fsp3) is 0.600. The monoisotopic (exact) mass is 245 g/mol. The maximum atomic E-state index is 6.29. The third-order valence-electron chi connectivity index (χ3n) is 2.50. The molecule has 1 saturated heterocycles. The molecule has 2 rings (SSSR count). The minimum Gasteiger partial charge on any atom is -0.323 e. The maximum Gasteiger partial charge on any atom is 0.0434 e. The van der Waals surface area contributed by atoms with E-state index in [0.29, 0.717) is 5.25 Å². The lowest BCUT2D eigenvalue weighted by Gasteiger charge is -2.26. The van der Waals surface area contributed by atoms with Crippen molar-refractivity contribution in [2.45, 2.75) is 18.2 Å². The largest absolute Gasteiger partial charge is 0.323 e. The van der Waals surface area contributed by atoms with Gasteiger partial charge >= 0.3 is 0 Å². The molecular formula is C10H15NS3. The van der Waals surface area contributed by atoms with Gasteiger partial charge in [0.15, 0.2) is 0 Å². The fourth-order valence-electron chi connectivity index (χ4n) is 1.65. The fourth-order valence-corrected chi connectivity index (χ4v) is 5.21. The van der Waals surface area contributed by atoms with Crippen LogP contribution in [0.4, 0.5) is 0 Å². The third kappa shape index (κ3) is 2.30. The van der Waals surface area contributed by atoms with Crippen LogP contribution in [0, 0.1) is 6.92 Å². The van der Waals surface area contributed by atoms with E-state index in [2.05, 4.69) is 18.4 Å². The van der Waals surface area contributed by atoms with Crippen molar-refractivity contribution in [1.82, 2.24) is 0 Å². The highest BCUT2D eigenvalue weighted by atomic mass is 32.2. The highest BCUT2D eigenvalue weighted by Crippen LogP contribution is 2.34. The molecule has 0 saturated carbocycles. The summed E-state index contributed by atoms with van der Waals surface area (Å²) in [4.78, 5) is 1.38. The van der Waals surface area contributed by atoms with E-state index in [-0.39, 0.29) is 6.04 Å². The normalized spacial score (nSPS) is 24.9. The molecule has 0 aliphatic carbocycles. The van der Waals surface area contributed by atoms with Crippen molar-refractivity contribution in [3.8, 4) is 0 Å². The van der Waals surface area contributed by atoms with Gasteiger partial charge in [0.25, 0.3) is 0 Å². The van der Waals surface area contributed by atoms with Crippen LogP contribution in [0.1, 0.15) is 16.5 Å². The van der Waals surface area contributed by atoms with Crippen LogP contribution in [0.2, 0.25) is 0 Å². The number of hydrogen-bond donors (Lipinski definition) is 1. The Hall–Kier alpha value is 0.360. The Morgan fingerprint density at radius 3 is 2.93 bits per heavy atom. The predicted molar refractivity (Wildman–Crippen MR) is 69.6 cm³/mol. The molecule has 2 N–H and O–H groups in total. The molecule has 1 fully saturated rings. The summed E-state index contributed by atoms with van der Waals surface area (Å²) in [5.74, 6) is 3.75. The first-order valence-electron chi connectivity index (χ1n) is 4.78. The topological polar surface area (TPSA) is 26.0 Å². The van der Waals surface area contributed by atoms with Gasteiger partial charge in [0, 0.05) is 33.4 Å². The molecule has 1 nitrogen and oxygen atoms in total. The number of hydrogen-bond acceptors (Lipinski definition) is 4. The summed E-state index contributed by atoms with van der Waals surface area (Å²) in [6.45, 7) is 2.17. The summed E-state index contributed by atoms with van der Waals surface area (Å²) in [6, 6.07) is 2.42. The second-order valence-corrected chi connectivity index (χ2v) is 7.06. The molecule has 4 heteroatoms. The zero-order chi connectivity index (χ0) is 9.97. The zero-order valence-corrected chi connectivity index (χ0v) is 10.7. The van der Waals surface area contributed by atoms with Crippen LogP contribution < -0.4 is 5.73 Å². The maximum absolute atomic E-state index is 6.29. The first-order valence-corrected chi connectivity index (χ1v) is 7.86. The number of thiophene rings is 1. The third-order valence-corrected chi connectivity index (χ3v) is 6.25. The lowest BCUT2D eigenvalue weighted by molar-refractivity contribution is 0.718. The molecule has 1 aliphatic rings. The second kappa shape index (κ2) is 4.92. The van der Waals surface area contributed by atoms with Crippen molar-refractivity contribution >= 4 is 34.9 Å². The predicted octanol–water partition coefficient (Wildman–Crippen LogP) is 2.90. The SMILES string of the molecule is Cc1sccc1C(N)C1CSCCS1. The molecule has 14 heavy (non-hydrogen) atoms. The molecule has 78 valence electrons. The van der Waals surface area contributed by atoms with Gasteiger partial charge in [-0.1, -0.05) is 0 Å². The average molecular weight is 245 g/mol. The van der Waals surface area contributed by atoms with Crippen LogP contribution in [-0.4, -0.2) is 22.5 Å². The van der Waals surface area contributed by atoms with Gasteiger partial charge in [-0.05, 0) is 23.9 Å². The van der Waals surface area contributed by atoms with E-state index in [9.17, 15) is 0 Å². The van der Waals surface area contributed by atoms with Crippen molar-refractivity contribution in [2.75, 3.05) is 17.3 Å². The van der Waals surface area contributed by atoms with E-state index in [1.807, 2.05) is 23.5 Å². The van der Waals surface area contributed by atoms with Crippen molar-refractivity contribution in [3.05, 3.63) is 21.9 Å². The number of aryl methyl sites for hydroxylation is 1. The van der Waals surface area contributed by atoms with Gasteiger partial charge in [-0.15, -0.1) is 11.3 Å². The number of nitrogens with two attached hydrogens (primary N) is 1. The molecule has 1 aromatic heterocycles. The summed E-state index contributed by atoms with van der Waals surface area (Å²) < 4.78 is 0. The Bertz CT molecular complexity index is 291. The summed E-state index contributed by atoms with van der Waals surface area (Å²) in [7, 11) is 0. The van der Waals surface area contributed by atoms with Gasteiger partial charge < -0.3 is 5.73 Å². The highest BCUT2D eigenvalue weighted by molar-refractivity contribution is 8.06. The smallest absolute Gasteiger partial charge is 0.0434 e. The summed E-state index contributed by atoms with van der Waals surface area (Å²) in [5.41, 5.74) is 7.64. The van der Waals surface area contributed by atoms with E-state index < -0.39 is 0 Å². The number of thioether (sulfide) groups is 2. The Morgan fingerprint density at radius 2 is 2.36 bits per heavy atom. The van der Waals surface area contributed by atoms with Crippen molar-refractivity contribution < 1.29 is 0 Å². The first-order chi connectivity index (χ1) is 6.79. The van der Waals surface area contributed by atoms with Gasteiger partial charge in [-0.25, -0.2) is 0 Å². The Morgan fingerprint density at radius 1 is 1.50 bits per heavy atom. The molecule has 0 bridgehead atoms. The average Bonchev–Trinajstić information content (AvgIpc) is 2.65. The highest BCUT2D eigenvalue weighted by Gasteiger charge is 2.24. The van der Waals surface area contributed by atoms with Gasteiger partial charge in [-0.3, -0.25) is 0 Å². The van der Waals surface area contributed by atoms with E-state index >= 15 is 0 Å². The summed E-state index contributed by atoms with van der Waals surface area (Å²) in [5, 5.41) is 2.76. The van der Waals surface area contributed by atoms with Gasteiger partial charge in [-0.2, -0.15) is 23.5 Å². The van der Waals surface area contributed by atoms with Crippen LogP contribution in [-0.2, 0) is 0 Å². The van der Waals surface area contributed by atoms with E-state index in [1.165, 1.54) is 27.7 Å². The minimum atomic E-state index is 0.235. The molecule has 2 heterocycles. The standard InChI is InChI=1S/C10H15NS3/c1-7-8(2-3-13-7)10(11)9-6-12-4-5-14-9/h2-3,9-10H,4-6,11H2,1H3. The van der Waals surface area contributed by atoms with Crippen molar-refractivity contribution in [1.29, 1.82) is 0 Å². The molecule has 0 spiro atoms. The summed E-state index contributed by atoms with van der Waals surface area (Å²) >= 11 is 5.87. The molecule has 1 aliphatic heterocycles. The van der Waals surface area contributed by atoms with Gasteiger partial charge in [0.05, 0.1) is 0 Å². The zero-order valence-electron chi connectivity index (χ0n) is 8.23. The number of rotatable bonds is 2. The van der Waals surface area contributed by atoms with E-state index in [4.69, 9.17) is 5.73 Å². The van der Waals surface area contributed by atoms with Gasteiger partial charge in [0.2, 0.25) is 0 Å². The lowest BCUT2D eigenvalue weighted by atomic mass is 10.1.